The van der Waals surface area contributed by atoms with Gasteiger partial charge in [0.05, 0.1) is 11.4 Å². The number of nitrogens with zero attached hydrogens (tertiary/aromatic N) is 4. The molecule has 0 unspecified atom stereocenters. The van der Waals surface area contributed by atoms with Crippen molar-refractivity contribution in [3.05, 3.63) is 80.9 Å². The summed E-state index contributed by atoms with van der Waals surface area (Å²) in [5.74, 6) is 0. The highest BCUT2D eigenvalue weighted by Gasteiger charge is 1.83. The lowest BCUT2D eigenvalue weighted by atomic mass is 10.3. The number of benzene rings is 2. The Hall–Kier alpha value is -3.38. The zero-order chi connectivity index (χ0) is 17.5. The van der Waals surface area contributed by atoms with Crippen LogP contribution in [0.15, 0.2) is 70.6 Å². The van der Waals surface area contributed by atoms with E-state index in [1.54, 1.807) is 0 Å². The monoisotopic (exact) mass is 316 g/mol. The highest BCUT2D eigenvalue weighted by Crippen LogP contribution is 2.10. The fourth-order valence-electron chi connectivity index (χ4n) is 1.15. The molecule has 0 radical (unpaired) electrons. The highest BCUT2D eigenvalue weighted by atomic mass is 16.6. The molecule has 0 fully saturated rings. The first-order valence-corrected chi connectivity index (χ1v) is 6.34. The molecular weight excluding hydrogens is 300 g/mol. The zero-order valence-corrected chi connectivity index (χ0v) is 12.7. The molecule has 120 valence electrons. The van der Waals surface area contributed by atoms with E-state index in [4.69, 9.17) is 20.2 Å². The van der Waals surface area contributed by atoms with Crippen molar-refractivity contribution in [1.82, 2.24) is 0 Å². The molecule has 0 heterocycles. The van der Waals surface area contributed by atoms with Crippen molar-refractivity contribution in [1.29, 1.82) is 0 Å². The van der Waals surface area contributed by atoms with Crippen molar-refractivity contribution in [2.45, 2.75) is 0 Å². The number of hydrogen-bond acceptors (Lipinski definition) is 6. The molecule has 0 saturated heterocycles. The molecule has 0 aromatic heterocycles. The third-order valence-electron chi connectivity index (χ3n) is 1.87. The smallest absolute Gasteiger partial charge is 0.194 e. The van der Waals surface area contributed by atoms with Crippen LogP contribution in [0.3, 0.4) is 0 Å². The first-order valence-electron chi connectivity index (χ1n) is 6.34. The Kier molecular flexibility index (Phi) is 10.5. The van der Waals surface area contributed by atoms with E-state index >= 15 is 0 Å². The van der Waals surface area contributed by atoms with Crippen LogP contribution in [-0.4, -0.2) is 30.0 Å². The predicted molar refractivity (Wildman–Crippen MR) is 87.9 cm³/mol. The lowest BCUT2D eigenvalue weighted by Gasteiger charge is -1.87. The van der Waals surface area contributed by atoms with Crippen LogP contribution in [0.2, 0.25) is 0 Å². The van der Waals surface area contributed by atoms with Crippen molar-refractivity contribution in [2.24, 2.45) is 9.98 Å². The number of rotatable bonds is 2. The average molecular weight is 316 g/mol. The van der Waals surface area contributed by atoms with E-state index in [2.05, 4.69) is 16.0 Å². The van der Waals surface area contributed by atoms with Crippen molar-refractivity contribution in [2.75, 3.05) is 14.1 Å². The van der Waals surface area contributed by atoms with Gasteiger partial charge in [-0.2, -0.15) is 9.98 Å². The molecule has 0 aliphatic carbocycles. The summed E-state index contributed by atoms with van der Waals surface area (Å²) in [7, 11) is 1.78. The SMILES string of the molecule is C(=Nc1ccccc1)=Nc1ccccc1.C[N+](=O)[O-].C[N+](=O)[O-]. The maximum absolute atomic E-state index is 8.81. The Morgan fingerprint density at radius 2 is 1.00 bits per heavy atom. The molecular formula is C15H16N4O4. The molecule has 23 heavy (non-hydrogen) atoms. The predicted octanol–water partition coefficient (Wildman–Crippen LogP) is 3.61. The molecule has 8 heteroatoms. The van der Waals surface area contributed by atoms with Gasteiger partial charge in [0.25, 0.3) is 0 Å². The van der Waals surface area contributed by atoms with E-state index < -0.39 is 9.85 Å². The zero-order valence-electron chi connectivity index (χ0n) is 12.7. The van der Waals surface area contributed by atoms with Gasteiger partial charge in [0, 0.05) is 9.85 Å². The van der Waals surface area contributed by atoms with Crippen molar-refractivity contribution >= 4 is 17.4 Å². The second-order valence-electron chi connectivity index (χ2n) is 3.87. The van der Waals surface area contributed by atoms with Gasteiger partial charge in [-0.1, -0.05) is 36.4 Å². The van der Waals surface area contributed by atoms with Gasteiger partial charge in [0.2, 0.25) is 0 Å². The van der Waals surface area contributed by atoms with Gasteiger partial charge in [-0.25, -0.2) is 0 Å². The van der Waals surface area contributed by atoms with Crippen molar-refractivity contribution in [3.8, 4) is 0 Å². The van der Waals surface area contributed by atoms with E-state index in [1.165, 1.54) is 0 Å². The third kappa shape index (κ3) is 14.8. The van der Waals surface area contributed by atoms with Crippen LogP contribution < -0.4 is 0 Å². The van der Waals surface area contributed by atoms with Crippen molar-refractivity contribution < 1.29 is 9.85 Å². The Morgan fingerprint density at radius 1 is 0.739 bits per heavy atom. The first-order chi connectivity index (χ1) is 10.9. The van der Waals surface area contributed by atoms with Crippen LogP contribution in [0, 0.1) is 20.2 Å². The minimum absolute atomic E-state index is 0.500. The third-order valence-corrected chi connectivity index (χ3v) is 1.87. The first kappa shape index (κ1) is 19.6. The van der Waals surface area contributed by atoms with Gasteiger partial charge in [-0.15, -0.1) is 0 Å². The summed E-state index contributed by atoms with van der Waals surface area (Å²) in [5.41, 5.74) is 1.72. The number of para-hydroxylation sites is 2. The summed E-state index contributed by atoms with van der Waals surface area (Å²) >= 11 is 0. The molecule has 0 aliphatic heterocycles. The van der Waals surface area contributed by atoms with Crippen LogP contribution >= 0.6 is 0 Å². The normalized spacial score (nSPS) is 8.09. The van der Waals surface area contributed by atoms with Gasteiger partial charge >= 0.3 is 0 Å². The summed E-state index contributed by atoms with van der Waals surface area (Å²) in [6, 6.07) is 21.9. The Bertz CT molecular complexity index is 590. The van der Waals surface area contributed by atoms with Crippen LogP contribution in [0.25, 0.3) is 0 Å². The largest absolute Gasteiger partial charge is 0.265 e. The van der Waals surface area contributed by atoms with E-state index in [-0.39, 0.29) is 0 Å². The number of aliphatic imine (C=N–C) groups is 2. The molecule has 0 spiro atoms. The maximum Gasteiger partial charge on any atom is 0.194 e. The molecule has 0 aliphatic rings. The molecule has 0 amide bonds. The second kappa shape index (κ2) is 12.4. The molecule has 0 saturated carbocycles. The van der Waals surface area contributed by atoms with Crippen LogP contribution in [-0.2, 0) is 0 Å². The lowest BCUT2D eigenvalue weighted by molar-refractivity contribution is -0.445. The lowest BCUT2D eigenvalue weighted by Crippen LogP contribution is -1.79. The molecule has 0 bridgehead atoms. The van der Waals surface area contributed by atoms with Gasteiger partial charge < -0.3 is 0 Å². The number of nitro groups is 2. The molecule has 2 aromatic carbocycles. The van der Waals surface area contributed by atoms with E-state index in [9.17, 15) is 0 Å². The van der Waals surface area contributed by atoms with Crippen LogP contribution in [0.4, 0.5) is 11.4 Å². The molecule has 2 rings (SSSR count). The second-order valence-corrected chi connectivity index (χ2v) is 3.87. The maximum atomic E-state index is 8.81. The van der Waals surface area contributed by atoms with Crippen LogP contribution in [0.5, 0.6) is 0 Å². The van der Waals surface area contributed by atoms with Gasteiger partial charge in [-0.3, -0.25) is 20.2 Å². The van der Waals surface area contributed by atoms with Gasteiger partial charge in [-0.05, 0) is 24.3 Å². The summed E-state index contributed by atoms with van der Waals surface area (Å²) in [6.45, 7) is 0. The highest BCUT2D eigenvalue weighted by molar-refractivity contribution is 5.57. The fourth-order valence-corrected chi connectivity index (χ4v) is 1.15. The number of hydrogen-bond donors (Lipinski definition) is 0. The fraction of sp³-hybridized carbons (Fsp3) is 0.133. The molecule has 0 N–H and O–H groups in total. The van der Waals surface area contributed by atoms with Gasteiger partial charge in [0.15, 0.2) is 14.1 Å². The molecule has 0 atom stereocenters. The minimum Gasteiger partial charge on any atom is -0.265 e. The topological polar surface area (TPSA) is 111 Å². The molecule has 2 aromatic rings. The standard InChI is InChI=1S/C13H10N2.2CH3NO2/c1-3-7-12(8-4-1)14-11-15-13-9-5-2-6-10-13;2*1-2(3)4/h1-10H;2*1H3. The molecule has 8 nitrogen and oxygen atoms in total. The van der Waals surface area contributed by atoms with Gasteiger partial charge in [0.1, 0.15) is 6.01 Å². The summed E-state index contributed by atoms with van der Waals surface area (Å²) in [4.78, 5) is 24.8. The quantitative estimate of drug-likeness (QED) is 0.478. The Labute approximate surface area is 133 Å². The van der Waals surface area contributed by atoms with E-state index in [1.807, 2.05) is 60.7 Å². The minimum atomic E-state index is -0.500. The summed E-state index contributed by atoms with van der Waals surface area (Å²) in [5, 5.41) is 17.6. The Balaban J connectivity index is 0.000000509. The van der Waals surface area contributed by atoms with Crippen molar-refractivity contribution in [3.63, 3.8) is 0 Å². The van der Waals surface area contributed by atoms with Crippen LogP contribution in [0.1, 0.15) is 0 Å². The van der Waals surface area contributed by atoms with E-state index in [0.29, 0.717) is 0 Å². The average Bonchev–Trinajstić information content (AvgIpc) is 2.48. The summed E-state index contributed by atoms with van der Waals surface area (Å²) in [6.07, 6.45) is 0. The summed E-state index contributed by atoms with van der Waals surface area (Å²) < 4.78 is 0. The Morgan fingerprint density at radius 3 is 1.26 bits per heavy atom. The van der Waals surface area contributed by atoms with E-state index in [0.717, 1.165) is 25.5 Å².